The van der Waals surface area contributed by atoms with E-state index in [2.05, 4.69) is 24.1 Å². The van der Waals surface area contributed by atoms with Crippen molar-refractivity contribution in [1.82, 2.24) is 4.90 Å². The number of carbonyl (C=O) groups is 1. The molecule has 1 saturated heterocycles. The normalized spacial score (nSPS) is 19.0. The van der Waals surface area contributed by atoms with Gasteiger partial charge in [0.15, 0.2) is 6.61 Å². The maximum Gasteiger partial charge on any atom is 0.262 e. The van der Waals surface area contributed by atoms with Crippen LogP contribution < -0.4 is 10.1 Å². The summed E-state index contributed by atoms with van der Waals surface area (Å²) in [5.41, 5.74) is 2.57. The van der Waals surface area contributed by atoms with Crippen LogP contribution in [0.25, 0.3) is 0 Å². The Balaban J connectivity index is 1.54. The van der Waals surface area contributed by atoms with Crippen molar-refractivity contribution in [3.05, 3.63) is 58.6 Å². The van der Waals surface area contributed by atoms with Gasteiger partial charge in [-0.1, -0.05) is 29.9 Å². The third kappa shape index (κ3) is 5.92. The van der Waals surface area contributed by atoms with E-state index in [0.29, 0.717) is 16.5 Å². The zero-order chi connectivity index (χ0) is 21.0. The van der Waals surface area contributed by atoms with E-state index < -0.39 is 0 Å². The minimum atomic E-state index is -0.244. The first-order chi connectivity index (χ1) is 13.8. The molecule has 1 aliphatic rings. The topological polar surface area (TPSA) is 50.8 Å². The van der Waals surface area contributed by atoms with Crippen LogP contribution >= 0.6 is 23.8 Å². The molecule has 1 heterocycles. The molecular weight excluding hydrogens is 408 g/mol. The summed E-state index contributed by atoms with van der Waals surface area (Å²) in [5, 5.41) is 3.39. The number of halogens is 1. The maximum atomic E-state index is 12.2. The molecule has 0 radical (unpaired) electrons. The van der Waals surface area contributed by atoms with Crippen LogP contribution in [-0.4, -0.2) is 47.7 Å². The molecular formula is C22H25ClN2O3S. The van der Waals surface area contributed by atoms with Crippen molar-refractivity contribution < 1.29 is 14.3 Å². The number of rotatable bonds is 5. The van der Waals surface area contributed by atoms with Crippen LogP contribution in [0.15, 0.2) is 42.5 Å². The van der Waals surface area contributed by atoms with Crippen molar-refractivity contribution >= 4 is 40.4 Å². The first-order valence-corrected chi connectivity index (χ1v) is 10.3. The highest BCUT2D eigenvalue weighted by Gasteiger charge is 2.24. The number of anilines is 1. The van der Waals surface area contributed by atoms with E-state index in [9.17, 15) is 4.79 Å². The quantitative estimate of drug-likeness (QED) is 0.707. The number of hydrogen-bond acceptors (Lipinski definition) is 4. The highest BCUT2D eigenvalue weighted by atomic mass is 35.5. The Bertz CT molecular complexity index is 878. The number of morpholine rings is 1. The van der Waals surface area contributed by atoms with Crippen LogP contribution in [0.4, 0.5) is 5.69 Å². The Kier molecular flexibility index (Phi) is 7.11. The molecule has 3 rings (SSSR count). The van der Waals surface area contributed by atoms with Crippen molar-refractivity contribution in [3.63, 3.8) is 0 Å². The molecule has 5 nitrogen and oxygen atoms in total. The van der Waals surface area contributed by atoms with Crippen molar-refractivity contribution in [3.8, 4) is 5.75 Å². The van der Waals surface area contributed by atoms with E-state index in [1.165, 1.54) is 0 Å². The van der Waals surface area contributed by atoms with E-state index in [1.54, 1.807) is 12.1 Å². The fourth-order valence-electron chi connectivity index (χ4n) is 3.28. The molecule has 0 bridgehead atoms. The monoisotopic (exact) mass is 432 g/mol. The lowest BCUT2D eigenvalue weighted by Crippen LogP contribution is -2.47. The first-order valence-electron chi connectivity index (χ1n) is 9.55. The Labute approximate surface area is 181 Å². The van der Waals surface area contributed by atoms with Gasteiger partial charge in [0.1, 0.15) is 10.7 Å². The van der Waals surface area contributed by atoms with Gasteiger partial charge in [-0.25, -0.2) is 0 Å². The van der Waals surface area contributed by atoms with Crippen LogP contribution in [0.1, 0.15) is 25.0 Å². The van der Waals surface area contributed by atoms with Gasteiger partial charge in [-0.15, -0.1) is 0 Å². The molecule has 1 fully saturated rings. The van der Waals surface area contributed by atoms with Gasteiger partial charge in [0.25, 0.3) is 5.91 Å². The lowest BCUT2D eigenvalue weighted by molar-refractivity contribution is -0.118. The van der Waals surface area contributed by atoms with Crippen molar-refractivity contribution in [2.75, 3.05) is 25.0 Å². The van der Waals surface area contributed by atoms with Gasteiger partial charge < -0.3 is 19.7 Å². The number of hydrogen-bond donors (Lipinski definition) is 1. The Morgan fingerprint density at radius 1 is 1.21 bits per heavy atom. The molecule has 0 aromatic heterocycles. The second-order valence-electron chi connectivity index (χ2n) is 7.29. The van der Waals surface area contributed by atoms with Crippen LogP contribution in [0.2, 0.25) is 5.02 Å². The van der Waals surface area contributed by atoms with Crippen LogP contribution in [-0.2, 0) is 9.53 Å². The molecule has 2 aromatic rings. The van der Waals surface area contributed by atoms with Gasteiger partial charge >= 0.3 is 0 Å². The Morgan fingerprint density at radius 2 is 1.86 bits per heavy atom. The van der Waals surface area contributed by atoms with Crippen molar-refractivity contribution in [2.24, 2.45) is 0 Å². The van der Waals surface area contributed by atoms with Crippen LogP contribution in [0.5, 0.6) is 5.75 Å². The summed E-state index contributed by atoms with van der Waals surface area (Å²) in [6.07, 6.45) is 0.307. The van der Waals surface area contributed by atoms with Crippen LogP contribution in [0.3, 0.4) is 0 Å². The van der Waals surface area contributed by atoms with Gasteiger partial charge in [0.2, 0.25) is 0 Å². The summed E-state index contributed by atoms with van der Waals surface area (Å²) in [7, 11) is 0. The van der Waals surface area contributed by atoms with Gasteiger partial charge in [0.05, 0.1) is 12.2 Å². The summed E-state index contributed by atoms with van der Waals surface area (Å²) in [4.78, 5) is 15.1. The second kappa shape index (κ2) is 9.57. The molecule has 154 valence electrons. The predicted octanol–water partition coefficient (Wildman–Crippen LogP) is 4.45. The molecule has 0 spiro atoms. The maximum absolute atomic E-state index is 12.2. The summed E-state index contributed by atoms with van der Waals surface area (Å²) < 4.78 is 11.4. The van der Waals surface area contributed by atoms with E-state index in [4.69, 9.17) is 33.3 Å². The smallest absolute Gasteiger partial charge is 0.262 e. The average molecular weight is 433 g/mol. The second-order valence-corrected chi connectivity index (χ2v) is 8.11. The highest BCUT2D eigenvalue weighted by molar-refractivity contribution is 7.80. The lowest BCUT2D eigenvalue weighted by Gasteiger charge is -2.37. The fourth-order valence-corrected chi connectivity index (χ4v) is 3.74. The summed E-state index contributed by atoms with van der Waals surface area (Å²) in [6.45, 7) is 7.49. The summed E-state index contributed by atoms with van der Waals surface area (Å²) in [6, 6.07) is 12.9. The molecule has 7 heteroatoms. The van der Waals surface area contributed by atoms with Gasteiger partial charge in [0, 0.05) is 29.4 Å². The number of benzene rings is 2. The molecule has 0 saturated carbocycles. The largest absolute Gasteiger partial charge is 0.484 e. The molecule has 0 unspecified atom stereocenters. The van der Waals surface area contributed by atoms with Crippen molar-refractivity contribution in [1.29, 1.82) is 0 Å². The van der Waals surface area contributed by atoms with E-state index in [-0.39, 0.29) is 24.7 Å². The van der Waals surface area contributed by atoms with Crippen molar-refractivity contribution in [2.45, 2.75) is 33.0 Å². The number of ether oxygens (including phenoxy) is 2. The Morgan fingerprint density at radius 3 is 2.52 bits per heavy atom. The zero-order valence-electron chi connectivity index (χ0n) is 16.8. The molecule has 29 heavy (non-hydrogen) atoms. The number of amides is 1. The Hall–Kier alpha value is -2.15. The molecule has 1 amide bonds. The van der Waals surface area contributed by atoms with Gasteiger partial charge in [-0.3, -0.25) is 4.79 Å². The fraction of sp³-hybridized carbons (Fsp3) is 0.364. The molecule has 0 aliphatic carbocycles. The van der Waals surface area contributed by atoms with Gasteiger partial charge in [-0.2, -0.15) is 0 Å². The van der Waals surface area contributed by atoms with Gasteiger partial charge in [-0.05, 0) is 62.7 Å². The first kappa shape index (κ1) is 21.6. The SMILES string of the molecule is Cc1ccc(Cl)cc1NC(=O)COc1ccc(C(=S)N2C[C@@H](C)O[C@H](C)C2)cc1. The van der Waals surface area contributed by atoms with E-state index in [0.717, 1.165) is 29.2 Å². The number of carbonyl (C=O) groups excluding carboxylic acids is 1. The molecule has 1 N–H and O–H groups in total. The zero-order valence-corrected chi connectivity index (χ0v) is 18.3. The van der Waals surface area contributed by atoms with E-state index >= 15 is 0 Å². The third-order valence-electron chi connectivity index (χ3n) is 4.65. The minimum Gasteiger partial charge on any atom is -0.484 e. The number of nitrogens with zero attached hydrogens (tertiary/aromatic N) is 1. The van der Waals surface area contributed by atoms with Crippen LogP contribution in [0, 0.1) is 6.92 Å². The summed E-state index contributed by atoms with van der Waals surface area (Å²) in [5.74, 6) is 0.365. The molecule has 2 atom stereocenters. The molecule has 1 aliphatic heterocycles. The third-order valence-corrected chi connectivity index (χ3v) is 5.38. The summed E-state index contributed by atoms with van der Waals surface area (Å²) >= 11 is 11.6. The lowest BCUT2D eigenvalue weighted by atomic mass is 10.1. The number of thiocarbonyl (C=S) groups is 1. The average Bonchev–Trinajstić information content (AvgIpc) is 2.68. The molecule has 2 aromatic carbocycles. The predicted molar refractivity (Wildman–Crippen MR) is 120 cm³/mol. The minimum absolute atomic E-state index is 0.0890. The standard InChI is InChI=1S/C22H25ClN2O3S/c1-14-4-7-18(23)10-20(14)24-21(26)13-27-19-8-5-17(6-9-19)22(29)25-11-15(2)28-16(3)12-25/h4-10,15-16H,11-13H2,1-3H3,(H,24,26)/t15-,16-/m1/s1. The highest BCUT2D eigenvalue weighted by Crippen LogP contribution is 2.21. The van der Waals surface area contributed by atoms with E-state index in [1.807, 2.05) is 37.3 Å². The number of aryl methyl sites for hydroxylation is 1. The number of nitrogens with one attached hydrogen (secondary N) is 1.